The first kappa shape index (κ1) is 14.5. The first-order chi connectivity index (χ1) is 9.45. The Kier molecular flexibility index (Phi) is 4.39. The van der Waals surface area contributed by atoms with Gasteiger partial charge in [0.2, 0.25) is 0 Å². The van der Waals surface area contributed by atoms with Crippen LogP contribution in [0.2, 0.25) is 0 Å². The molecule has 3 N–H and O–H groups in total. The minimum absolute atomic E-state index is 0.195. The number of nitrogen functional groups attached to an aromatic ring is 1. The number of nitrogens with zero attached hydrogens (tertiary/aromatic N) is 1. The molecule has 1 aromatic carbocycles. The predicted octanol–water partition coefficient (Wildman–Crippen LogP) is 3.80. The summed E-state index contributed by atoms with van der Waals surface area (Å²) in [5, 5.41) is 2.84. The SMILES string of the molecule is CC(C)c1cc(C(=O)Nc2cccc(Br)c2)cc(N)n1. The maximum atomic E-state index is 12.2. The number of hydrogen-bond donors (Lipinski definition) is 2. The average Bonchev–Trinajstić information content (AvgIpc) is 2.37. The van der Waals surface area contributed by atoms with Crippen LogP contribution in [0.4, 0.5) is 11.5 Å². The number of anilines is 2. The summed E-state index contributed by atoms with van der Waals surface area (Å²) < 4.78 is 0.910. The van der Waals surface area contributed by atoms with E-state index in [1.165, 1.54) is 0 Å². The number of benzene rings is 1. The summed E-state index contributed by atoms with van der Waals surface area (Å²) in [6.07, 6.45) is 0. The van der Waals surface area contributed by atoms with Gasteiger partial charge in [0.15, 0.2) is 0 Å². The molecule has 0 aliphatic heterocycles. The molecule has 0 spiro atoms. The molecule has 4 nitrogen and oxygen atoms in total. The monoisotopic (exact) mass is 333 g/mol. The van der Waals surface area contributed by atoms with Crippen molar-refractivity contribution in [2.24, 2.45) is 0 Å². The van der Waals surface area contributed by atoms with Crippen LogP contribution in [0.15, 0.2) is 40.9 Å². The number of nitrogens with two attached hydrogens (primary N) is 1. The fraction of sp³-hybridized carbons (Fsp3) is 0.200. The van der Waals surface area contributed by atoms with Crippen LogP contribution in [0.25, 0.3) is 0 Å². The number of rotatable bonds is 3. The summed E-state index contributed by atoms with van der Waals surface area (Å²) in [6, 6.07) is 10.8. The lowest BCUT2D eigenvalue weighted by molar-refractivity contribution is 0.102. The molecular weight excluding hydrogens is 318 g/mol. The molecule has 1 aromatic heterocycles. The average molecular weight is 334 g/mol. The Morgan fingerprint density at radius 3 is 2.70 bits per heavy atom. The van der Waals surface area contributed by atoms with Crippen LogP contribution in [-0.4, -0.2) is 10.9 Å². The molecule has 1 heterocycles. The Balaban J connectivity index is 2.25. The smallest absolute Gasteiger partial charge is 0.255 e. The van der Waals surface area contributed by atoms with Crippen molar-refractivity contribution in [3.8, 4) is 0 Å². The Hall–Kier alpha value is -1.88. The lowest BCUT2D eigenvalue weighted by Crippen LogP contribution is -2.13. The molecule has 2 rings (SSSR count). The Labute approximate surface area is 126 Å². The zero-order valence-corrected chi connectivity index (χ0v) is 12.9. The normalized spacial score (nSPS) is 10.6. The van der Waals surface area contributed by atoms with Crippen molar-refractivity contribution >= 4 is 33.3 Å². The van der Waals surface area contributed by atoms with E-state index in [2.05, 4.69) is 26.2 Å². The topological polar surface area (TPSA) is 68.0 Å². The summed E-state index contributed by atoms with van der Waals surface area (Å²) in [5.41, 5.74) is 7.81. The van der Waals surface area contributed by atoms with E-state index >= 15 is 0 Å². The molecular formula is C15H16BrN3O. The highest BCUT2D eigenvalue weighted by Crippen LogP contribution is 2.19. The Morgan fingerprint density at radius 1 is 1.30 bits per heavy atom. The quantitative estimate of drug-likeness (QED) is 0.897. The molecule has 0 fully saturated rings. The predicted molar refractivity (Wildman–Crippen MR) is 84.8 cm³/mol. The van der Waals surface area contributed by atoms with E-state index in [0.29, 0.717) is 11.4 Å². The molecule has 0 radical (unpaired) electrons. The molecule has 104 valence electrons. The van der Waals surface area contributed by atoms with Crippen LogP contribution in [0.5, 0.6) is 0 Å². The number of amides is 1. The van der Waals surface area contributed by atoms with E-state index in [1.807, 2.05) is 38.1 Å². The highest BCUT2D eigenvalue weighted by atomic mass is 79.9. The second kappa shape index (κ2) is 6.05. The van der Waals surface area contributed by atoms with Crippen molar-refractivity contribution < 1.29 is 4.79 Å². The van der Waals surface area contributed by atoms with Gasteiger partial charge < -0.3 is 11.1 Å². The van der Waals surface area contributed by atoms with Gasteiger partial charge in [-0.15, -0.1) is 0 Å². The lowest BCUT2D eigenvalue weighted by atomic mass is 10.1. The fourth-order valence-electron chi connectivity index (χ4n) is 1.77. The number of aromatic nitrogens is 1. The lowest BCUT2D eigenvalue weighted by Gasteiger charge is -2.10. The number of hydrogen-bond acceptors (Lipinski definition) is 3. The summed E-state index contributed by atoms with van der Waals surface area (Å²) >= 11 is 3.37. The van der Waals surface area contributed by atoms with Gasteiger partial charge in [-0.2, -0.15) is 0 Å². The molecule has 5 heteroatoms. The second-order valence-electron chi connectivity index (χ2n) is 4.82. The van der Waals surface area contributed by atoms with Crippen LogP contribution in [0.1, 0.15) is 35.8 Å². The Morgan fingerprint density at radius 2 is 2.05 bits per heavy atom. The standard InChI is InChI=1S/C15H16BrN3O/c1-9(2)13-6-10(7-14(17)19-13)15(20)18-12-5-3-4-11(16)8-12/h3-9H,1-2H3,(H2,17,19)(H,18,20). The zero-order valence-electron chi connectivity index (χ0n) is 11.4. The van der Waals surface area contributed by atoms with Gasteiger partial charge in [0, 0.05) is 21.4 Å². The van der Waals surface area contributed by atoms with Gasteiger partial charge in [0.05, 0.1) is 0 Å². The number of carbonyl (C=O) groups is 1. The Bertz CT molecular complexity index is 641. The van der Waals surface area contributed by atoms with Crippen LogP contribution < -0.4 is 11.1 Å². The summed E-state index contributed by atoms with van der Waals surface area (Å²) in [7, 11) is 0. The third-order valence-electron chi connectivity index (χ3n) is 2.80. The van der Waals surface area contributed by atoms with Crippen molar-refractivity contribution in [1.82, 2.24) is 4.98 Å². The maximum Gasteiger partial charge on any atom is 0.255 e. The molecule has 0 unspecified atom stereocenters. The van der Waals surface area contributed by atoms with Crippen molar-refractivity contribution in [2.45, 2.75) is 19.8 Å². The third kappa shape index (κ3) is 3.57. The largest absolute Gasteiger partial charge is 0.384 e. The van der Waals surface area contributed by atoms with E-state index in [1.54, 1.807) is 12.1 Å². The van der Waals surface area contributed by atoms with Crippen LogP contribution in [0, 0.1) is 0 Å². The van der Waals surface area contributed by atoms with Crippen molar-refractivity contribution in [1.29, 1.82) is 0 Å². The van der Waals surface area contributed by atoms with Crippen molar-refractivity contribution in [2.75, 3.05) is 11.1 Å². The molecule has 2 aromatic rings. The van der Waals surface area contributed by atoms with Gasteiger partial charge in [-0.3, -0.25) is 4.79 Å². The molecule has 20 heavy (non-hydrogen) atoms. The van der Waals surface area contributed by atoms with E-state index in [0.717, 1.165) is 15.9 Å². The van der Waals surface area contributed by atoms with Crippen LogP contribution >= 0.6 is 15.9 Å². The highest BCUT2D eigenvalue weighted by Gasteiger charge is 2.11. The highest BCUT2D eigenvalue weighted by molar-refractivity contribution is 9.10. The molecule has 0 saturated carbocycles. The molecule has 0 aliphatic carbocycles. The number of pyridine rings is 1. The van der Waals surface area contributed by atoms with Gasteiger partial charge in [0.25, 0.3) is 5.91 Å². The first-order valence-electron chi connectivity index (χ1n) is 6.30. The van der Waals surface area contributed by atoms with Crippen LogP contribution in [0.3, 0.4) is 0 Å². The first-order valence-corrected chi connectivity index (χ1v) is 7.09. The van der Waals surface area contributed by atoms with E-state index in [9.17, 15) is 4.79 Å². The minimum atomic E-state index is -0.195. The molecule has 0 bridgehead atoms. The van der Waals surface area contributed by atoms with E-state index < -0.39 is 0 Å². The van der Waals surface area contributed by atoms with E-state index in [-0.39, 0.29) is 11.8 Å². The second-order valence-corrected chi connectivity index (χ2v) is 5.74. The molecule has 0 saturated heterocycles. The van der Waals surface area contributed by atoms with E-state index in [4.69, 9.17) is 5.73 Å². The van der Waals surface area contributed by atoms with Crippen molar-refractivity contribution in [3.63, 3.8) is 0 Å². The van der Waals surface area contributed by atoms with Crippen LogP contribution in [-0.2, 0) is 0 Å². The van der Waals surface area contributed by atoms with Gasteiger partial charge >= 0.3 is 0 Å². The summed E-state index contributed by atoms with van der Waals surface area (Å²) in [6.45, 7) is 4.02. The molecule has 1 amide bonds. The zero-order chi connectivity index (χ0) is 14.7. The van der Waals surface area contributed by atoms with Gasteiger partial charge in [-0.1, -0.05) is 35.8 Å². The van der Waals surface area contributed by atoms with Crippen molar-refractivity contribution in [3.05, 3.63) is 52.1 Å². The third-order valence-corrected chi connectivity index (χ3v) is 3.29. The molecule has 0 aliphatic rings. The maximum absolute atomic E-state index is 12.2. The fourth-order valence-corrected chi connectivity index (χ4v) is 2.17. The number of nitrogens with one attached hydrogen (secondary N) is 1. The number of halogens is 1. The van der Waals surface area contributed by atoms with Gasteiger partial charge in [-0.25, -0.2) is 4.98 Å². The minimum Gasteiger partial charge on any atom is -0.384 e. The van der Waals surface area contributed by atoms with Gasteiger partial charge in [-0.05, 0) is 36.2 Å². The number of carbonyl (C=O) groups excluding carboxylic acids is 1. The summed E-state index contributed by atoms with van der Waals surface area (Å²) in [5.74, 6) is 0.380. The summed E-state index contributed by atoms with van der Waals surface area (Å²) in [4.78, 5) is 16.5. The molecule has 0 atom stereocenters. The van der Waals surface area contributed by atoms with Gasteiger partial charge in [0.1, 0.15) is 5.82 Å².